The van der Waals surface area contributed by atoms with E-state index in [0.717, 1.165) is 32.1 Å². The zero-order valence-corrected chi connectivity index (χ0v) is 12.0. The minimum absolute atomic E-state index is 0.00639. The van der Waals surface area contributed by atoms with Crippen LogP contribution in [0.5, 0.6) is 0 Å². The van der Waals surface area contributed by atoms with Gasteiger partial charge in [0.2, 0.25) is 0 Å². The molecule has 1 fully saturated rings. The van der Waals surface area contributed by atoms with Crippen LogP contribution in [0, 0.1) is 5.41 Å². The summed E-state index contributed by atoms with van der Waals surface area (Å²) < 4.78 is 22.2. The van der Waals surface area contributed by atoms with Gasteiger partial charge < -0.3 is 0 Å². The number of halogens is 1. The van der Waals surface area contributed by atoms with E-state index in [1.807, 2.05) is 6.92 Å². The van der Waals surface area contributed by atoms with Crippen LogP contribution in [0.2, 0.25) is 0 Å². The summed E-state index contributed by atoms with van der Waals surface area (Å²) in [6, 6.07) is 0. The predicted octanol–water partition coefficient (Wildman–Crippen LogP) is 4.75. The first-order valence-corrected chi connectivity index (χ1v) is 8.57. The van der Waals surface area contributed by atoms with E-state index >= 15 is 0 Å². The van der Waals surface area contributed by atoms with Crippen molar-refractivity contribution in [1.82, 2.24) is 0 Å². The zero-order chi connectivity index (χ0) is 12.2. The molecule has 96 valence electrons. The topological polar surface area (TPSA) is 35.5 Å². The van der Waals surface area contributed by atoms with Crippen LogP contribution in [-0.2, 0) is 13.6 Å². The van der Waals surface area contributed by atoms with Gasteiger partial charge in [-0.1, -0.05) is 33.6 Å². The molecule has 0 aromatic rings. The highest BCUT2D eigenvalue weighted by molar-refractivity contribution is 7.81. The maximum absolute atomic E-state index is 11.6. The molecule has 1 aliphatic heterocycles. The van der Waals surface area contributed by atoms with Crippen LogP contribution in [0.15, 0.2) is 0 Å². The summed E-state index contributed by atoms with van der Waals surface area (Å²) in [7, 11) is 0. The molecule has 1 rings (SSSR count). The Kier molecular flexibility index (Phi) is 5.31. The van der Waals surface area contributed by atoms with Gasteiger partial charge in [-0.3, -0.25) is 9.05 Å². The Balaban J connectivity index is 2.79. The van der Waals surface area contributed by atoms with Gasteiger partial charge in [-0.25, -0.2) is 4.57 Å². The van der Waals surface area contributed by atoms with Gasteiger partial charge in [0.1, 0.15) is 0 Å². The zero-order valence-electron chi connectivity index (χ0n) is 10.4. The largest absolute Gasteiger partial charge is 0.424 e. The van der Waals surface area contributed by atoms with Gasteiger partial charge in [-0.2, -0.15) is 0 Å². The van der Waals surface area contributed by atoms with Crippen LogP contribution in [0.4, 0.5) is 0 Å². The van der Waals surface area contributed by atoms with Crippen LogP contribution in [0.1, 0.15) is 52.9 Å². The van der Waals surface area contributed by atoms with E-state index in [1.54, 1.807) is 0 Å². The fourth-order valence-corrected chi connectivity index (χ4v) is 3.95. The van der Waals surface area contributed by atoms with Crippen LogP contribution >= 0.6 is 18.2 Å². The Hall–Kier alpha value is 0.440. The molecule has 0 saturated carbocycles. The second-order valence-electron chi connectivity index (χ2n) is 4.53. The summed E-state index contributed by atoms with van der Waals surface area (Å²) in [5, 5.41) is 0. The summed E-state index contributed by atoms with van der Waals surface area (Å²) in [6.45, 7) is 3.50. The molecule has 0 spiro atoms. The summed E-state index contributed by atoms with van der Waals surface area (Å²) in [4.78, 5) is 0. The molecule has 0 bridgehead atoms. The van der Waals surface area contributed by atoms with Gasteiger partial charge in [0.25, 0.3) is 0 Å². The lowest BCUT2D eigenvalue weighted by Gasteiger charge is -2.44. The minimum atomic E-state index is -3.31. The molecule has 1 aliphatic rings. The molecule has 1 heterocycles. The van der Waals surface area contributed by atoms with Crippen LogP contribution < -0.4 is 0 Å². The van der Waals surface area contributed by atoms with Gasteiger partial charge in [0.05, 0.1) is 12.7 Å². The Morgan fingerprint density at radius 3 is 2.62 bits per heavy atom. The predicted molar refractivity (Wildman–Crippen MR) is 66.8 cm³/mol. The molecule has 0 aromatic carbocycles. The number of unbranched alkanes of at least 4 members (excludes halogenated alkanes) is 1. The van der Waals surface area contributed by atoms with Crippen LogP contribution in [0.3, 0.4) is 0 Å². The number of hydrogen-bond donors (Lipinski definition) is 0. The Morgan fingerprint density at radius 1 is 1.44 bits per heavy atom. The molecular formula is C11H22ClO3P. The first-order chi connectivity index (χ1) is 7.49. The lowest BCUT2D eigenvalue weighted by Crippen LogP contribution is -2.42. The molecule has 0 aliphatic carbocycles. The fourth-order valence-electron chi connectivity index (χ4n) is 2.37. The van der Waals surface area contributed by atoms with E-state index in [2.05, 4.69) is 13.8 Å². The molecule has 0 amide bonds. The maximum Gasteiger partial charge on any atom is 0.424 e. The van der Waals surface area contributed by atoms with Crippen molar-refractivity contribution in [2.45, 2.75) is 59.0 Å². The van der Waals surface area contributed by atoms with Crippen molar-refractivity contribution in [3.05, 3.63) is 0 Å². The van der Waals surface area contributed by atoms with E-state index in [4.69, 9.17) is 20.3 Å². The first-order valence-electron chi connectivity index (χ1n) is 6.12. The monoisotopic (exact) mass is 268 g/mol. The summed E-state index contributed by atoms with van der Waals surface area (Å²) in [5.74, 6) is 0. The fraction of sp³-hybridized carbons (Fsp3) is 1.00. The second-order valence-corrected chi connectivity index (χ2v) is 7.10. The average Bonchev–Trinajstić information content (AvgIpc) is 2.27. The van der Waals surface area contributed by atoms with Gasteiger partial charge in [-0.15, -0.1) is 0 Å². The highest BCUT2D eigenvalue weighted by atomic mass is 35.7. The quantitative estimate of drug-likeness (QED) is 0.675. The van der Waals surface area contributed by atoms with Crippen molar-refractivity contribution in [3.63, 3.8) is 0 Å². The van der Waals surface area contributed by atoms with Gasteiger partial charge in [-0.05, 0) is 19.3 Å². The van der Waals surface area contributed by atoms with Gasteiger partial charge >= 0.3 is 6.95 Å². The third-order valence-corrected chi connectivity index (χ3v) is 5.02. The Bertz CT molecular complexity index is 272. The van der Waals surface area contributed by atoms with Crippen molar-refractivity contribution in [1.29, 1.82) is 0 Å². The average molecular weight is 269 g/mol. The molecule has 5 heteroatoms. The van der Waals surface area contributed by atoms with Crippen molar-refractivity contribution >= 4 is 18.2 Å². The summed E-state index contributed by atoms with van der Waals surface area (Å²) >= 11 is 5.67. The maximum atomic E-state index is 11.6. The molecule has 3 nitrogen and oxygen atoms in total. The third kappa shape index (κ3) is 3.22. The SMILES string of the molecule is CCCCC1(CC)COP(=O)(Cl)OC1CC. The third-order valence-electron chi connectivity index (χ3n) is 3.55. The van der Waals surface area contributed by atoms with Crippen molar-refractivity contribution in [3.8, 4) is 0 Å². The van der Waals surface area contributed by atoms with Gasteiger partial charge in [0.15, 0.2) is 0 Å². The lowest BCUT2D eigenvalue weighted by atomic mass is 9.75. The smallest absolute Gasteiger partial charge is 0.296 e. The number of rotatable bonds is 5. The molecule has 16 heavy (non-hydrogen) atoms. The Morgan fingerprint density at radius 2 is 2.12 bits per heavy atom. The van der Waals surface area contributed by atoms with E-state index < -0.39 is 6.95 Å². The standard InChI is InChI=1S/C11H22ClO3P/c1-4-7-8-11(6-3)9-14-16(12,13)15-10(11)5-2/h10H,4-9H2,1-3H3. The van der Waals surface area contributed by atoms with Crippen molar-refractivity contribution < 1.29 is 13.6 Å². The van der Waals surface area contributed by atoms with Crippen LogP contribution in [-0.4, -0.2) is 12.7 Å². The summed E-state index contributed by atoms with van der Waals surface area (Å²) in [5.41, 5.74) is -0.00639. The van der Waals surface area contributed by atoms with Crippen LogP contribution in [0.25, 0.3) is 0 Å². The minimum Gasteiger partial charge on any atom is -0.296 e. The second kappa shape index (κ2) is 5.86. The Labute approximate surface area is 103 Å². The molecule has 3 atom stereocenters. The van der Waals surface area contributed by atoms with E-state index in [-0.39, 0.29) is 11.5 Å². The van der Waals surface area contributed by atoms with Gasteiger partial charge in [0, 0.05) is 16.7 Å². The molecule has 0 aromatic heterocycles. The number of hydrogen-bond acceptors (Lipinski definition) is 3. The molecule has 0 radical (unpaired) electrons. The molecule has 3 unspecified atom stereocenters. The van der Waals surface area contributed by atoms with Crippen molar-refractivity contribution in [2.24, 2.45) is 5.41 Å². The highest BCUT2D eigenvalue weighted by Gasteiger charge is 2.46. The van der Waals surface area contributed by atoms with E-state index in [9.17, 15) is 4.57 Å². The summed E-state index contributed by atoms with van der Waals surface area (Å²) in [6.07, 6.45) is 5.11. The normalized spacial score (nSPS) is 39.9. The van der Waals surface area contributed by atoms with E-state index in [1.165, 1.54) is 0 Å². The molecular weight excluding hydrogens is 247 g/mol. The molecule has 1 saturated heterocycles. The first kappa shape index (κ1) is 14.5. The van der Waals surface area contributed by atoms with Crippen molar-refractivity contribution in [2.75, 3.05) is 6.61 Å². The lowest BCUT2D eigenvalue weighted by molar-refractivity contribution is -0.0514. The highest BCUT2D eigenvalue weighted by Crippen LogP contribution is 2.62. The molecule has 0 N–H and O–H groups in total. The van der Waals surface area contributed by atoms with E-state index in [0.29, 0.717) is 6.61 Å².